The minimum atomic E-state index is -0.938. The second-order valence-electron chi connectivity index (χ2n) is 1.85. The molecule has 0 aliphatic heterocycles. The van der Waals surface area contributed by atoms with E-state index < -0.39 is 17.9 Å². The number of methoxy groups -OCH3 is 1. The van der Waals surface area contributed by atoms with Gasteiger partial charge in [-0.3, -0.25) is 4.79 Å². The lowest BCUT2D eigenvalue weighted by atomic mass is 10.3. The van der Waals surface area contributed by atoms with Crippen LogP contribution in [0.2, 0.25) is 0 Å². The summed E-state index contributed by atoms with van der Waals surface area (Å²) in [5.41, 5.74) is 0. The predicted octanol–water partition coefficient (Wildman–Crippen LogP) is -0.703. The average molecular weight is 155 g/mol. The third-order valence-electron chi connectivity index (χ3n) is 0.968. The van der Waals surface area contributed by atoms with E-state index in [4.69, 9.17) is 6.42 Å². The van der Waals surface area contributed by atoms with Crippen LogP contribution in [0.5, 0.6) is 0 Å². The summed E-state index contributed by atoms with van der Waals surface area (Å²) >= 11 is 0. The number of esters is 1. The SMILES string of the molecule is C#CC(C)NC(=O)C(=O)OC. The van der Waals surface area contributed by atoms with E-state index in [-0.39, 0.29) is 0 Å². The second-order valence-corrected chi connectivity index (χ2v) is 1.85. The summed E-state index contributed by atoms with van der Waals surface area (Å²) in [5, 5.41) is 2.23. The van der Waals surface area contributed by atoms with Crippen LogP contribution in [-0.2, 0) is 14.3 Å². The number of carbonyl (C=O) groups excluding carboxylic acids is 2. The summed E-state index contributed by atoms with van der Waals surface area (Å²) < 4.78 is 4.14. The van der Waals surface area contributed by atoms with Crippen molar-refractivity contribution in [2.45, 2.75) is 13.0 Å². The highest BCUT2D eigenvalue weighted by Gasteiger charge is 2.14. The van der Waals surface area contributed by atoms with Crippen molar-refractivity contribution < 1.29 is 14.3 Å². The van der Waals surface area contributed by atoms with Crippen LogP contribution in [0.3, 0.4) is 0 Å². The number of carbonyl (C=O) groups is 2. The van der Waals surface area contributed by atoms with Gasteiger partial charge in [0.2, 0.25) is 0 Å². The largest absolute Gasteiger partial charge is 0.462 e. The van der Waals surface area contributed by atoms with Crippen LogP contribution in [0.25, 0.3) is 0 Å². The summed E-state index contributed by atoms with van der Waals surface area (Å²) in [6, 6.07) is -0.457. The molecule has 0 saturated heterocycles. The summed E-state index contributed by atoms with van der Waals surface area (Å²) in [7, 11) is 1.13. The smallest absolute Gasteiger partial charge is 0.396 e. The highest BCUT2D eigenvalue weighted by Crippen LogP contribution is 1.79. The Morgan fingerprint density at radius 2 is 2.18 bits per heavy atom. The second kappa shape index (κ2) is 4.34. The van der Waals surface area contributed by atoms with Crippen molar-refractivity contribution in [1.29, 1.82) is 0 Å². The number of terminal acetylenes is 1. The molecule has 0 aromatic rings. The fraction of sp³-hybridized carbons (Fsp3) is 0.429. The van der Waals surface area contributed by atoms with Gasteiger partial charge in [-0.25, -0.2) is 4.79 Å². The van der Waals surface area contributed by atoms with Gasteiger partial charge in [-0.05, 0) is 6.92 Å². The maximum absolute atomic E-state index is 10.7. The van der Waals surface area contributed by atoms with E-state index in [9.17, 15) is 9.59 Å². The van der Waals surface area contributed by atoms with Gasteiger partial charge in [-0.15, -0.1) is 6.42 Å². The molecule has 0 aliphatic carbocycles. The van der Waals surface area contributed by atoms with Crippen molar-refractivity contribution in [2.75, 3.05) is 7.11 Å². The summed E-state index contributed by atoms with van der Waals surface area (Å²) in [4.78, 5) is 21.1. The standard InChI is InChI=1S/C7H9NO3/c1-4-5(2)8-6(9)7(10)11-3/h1,5H,2-3H3,(H,8,9). The van der Waals surface area contributed by atoms with Crippen molar-refractivity contribution in [3.05, 3.63) is 0 Å². The molecule has 4 heteroatoms. The topological polar surface area (TPSA) is 55.4 Å². The number of hydrogen-bond donors (Lipinski definition) is 1. The highest BCUT2D eigenvalue weighted by atomic mass is 16.5. The Morgan fingerprint density at radius 3 is 2.55 bits per heavy atom. The van der Waals surface area contributed by atoms with Gasteiger partial charge >= 0.3 is 11.9 Å². The van der Waals surface area contributed by atoms with Crippen molar-refractivity contribution >= 4 is 11.9 Å². The summed E-state index contributed by atoms with van der Waals surface area (Å²) in [5.74, 6) is 0.476. The maximum Gasteiger partial charge on any atom is 0.396 e. The van der Waals surface area contributed by atoms with E-state index in [1.807, 2.05) is 0 Å². The Morgan fingerprint density at radius 1 is 1.64 bits per heavy atom. The van der Waals surface area contributed by atoms with Crippen LogP contribution >= 0.6 is 0 Å². The van der Waals surface area contributed by atoms with Crippen molar-refractivity contribution in [3.63, 3.8) is 0 Å². The monoisotopic (exact) mass is 155 g/mol. The lowest BCUT2D eigenvalue weighted by molar-refractivity contribution is -0.152. The quantitative estimate of drug-likeness (QED) is 0.309. The normalized spacial score (nSPS) is 11.0. The molecule has 11 heavy (non-hydrogen) atoms. The number of amides is 1. The molecule has 0 rings (SSSR count). The van der Waals surface area contributed by atoms with Gasteiger partial charge in [-0.1, -0.05) is 5.92 Å². The predicted molar refractivity (Wildman–Crippen MR) is 38.5 cm³/mol. The van der Waals surface area contributed by atoms with Gasteiger partial charge in [0.1, 0.15) is 0 Å². The van der Waals surface area contributed by atoms with Gasteiger partial charge in [0.05, 0.1) is 13.2 Å². The average Bonchev–Trinajstić information content (AvgIpc) is 2.02. The fourth-order valence-electron chi connectivity index (χ4n) is 0.390. The molecule has 0 saturated carbocycles. The molecule has 60 valence electrons. The van der Waals surface area contributed by atoms with Gasteiger partial charge in [-0.2, -0.15) is 0 Å². The number of rotatable bonds is 1. The molecule has 0 aromatic heterocycles. The third-order valence-corrected chi connectivity index (χ3v) is 0.968. The summed E-state index contributed by atoms with van der Waals surface area (Å²) in [6.07, 6.45) is 4.95. The zero-order valence-corrected chi connectivity index (χ0v) is 6.38. The van der Waals surface area contributed by atoms with E-state index in [2.05, 4.69) is 16.0 Å². The molecule has 0 bridgehead atoms. The zero-order valence-electron chi connectivity index (χ0n) is 6.38. The van der Waals surface area contributed by atoms with Crippen LogP contribution in [0.1, 0.15) is 6.92 Å². The van der Waals surface area contributed by atoms with Gasteiger partial charge in [0.25, 0.3) is 0 Å². The van der Waals surface area contributed by atoms with Crippen LogP contribution in [0.15, 0.2) is 0 Å². The van der Waals surface area contributed by atoms with E-state index in [1.54, 1.807) is 6.92 Å². The molecule has 0 radical (unpaired) electrons. The Hall–Kier alpha value is -1.50. The molecule has 1 unspecified atom stereocenters. The molecule has 0 aliphatic rings. The van der Waals surface area contributed by atoms with Gasteiger partial charge in [0, 0.05) is 0 Å². The van der Waals surface area contributed by atoms with Crippen LogP contribution in [0, 0.1) is 12.3 Å². The maximum atomic E-state index is 10.7. The Labute approximate surface area is 64.9 Å². The number of nitrogens with one attached hydrogen (secondary N) is 1. The zero-order chi connectivity index (χ0) is 8.85. The molecule has 1 atom stereocenters. The lowest BCUT2D eigenvalue weighted by Gasteiger charge is -2.04. The van der Waals surface area contributed by atoms with E-state index in [0.717, 1.165) is 7.11 Å². The highest BCUT2D eigenvalue weighted by molar-refractivity contribution is 6.32. The van der Waals surface area contributed by atoms with Gasteiger partial charge in [0.15, 0.2) is 0 Å². The molecular weight excluding hydrogens is 146 g/mol. The van der Waals surface area contributed by atoms with Crippen LogP contribution in [-0.4, -0.2) is 25.0 Å². The number of ether oxygens (including phenoxy) is 1. The van der Waals surface area contributed by atoms with Crippen molar-refractivity contribution in [2.24, 2.45) is 0 Å². The molecule has 0 aromatic carbocycles. The van der Waals surface area contributed by atoms with E-state index in [0.29, 0.717) is 0 Å². The first-order valence-corrected chi connectivity index (χ1v) is 2.96. The molecule has 0 spiro atoms. The van der Waals surface area contributed by atoms with Gasteiger partial charge < -0.3 is 10.1 Å². The first-order chi connectivity index (χ1) is 5.11. The Bertz CT molecular complexity index is 204. The molecule has 0 fully saturated rings. The van der Waals surface area contributed by atoms with Crippen molar-refractivity contribution in [1.82, 2.24) is 5.32 Å². The van der Waals surface area contributed by atoms with E-state index >= 15 is 0 Å². The van der Waals surface area contributed by atoms with Crippen LogP contribution < -0.4 is 5.32 Å². The first kappa shape index (κ1) is 9.50. The minimum Gasteiger partial charge on any atom is -0.462 e. The molecular formula is C7H9NO3. The molecule has 1 amide bonds. The van der Waals surface area contributed by atoms with Crippen molar-refractivity contribution in [3.8, 4) is 12.3 Å². The van der Waals surface area contributed by atoms with E-state index in [1.165, 1.54) is 0 Å². The first-order valence-electron chi connectivity index (χ1n) is 2.96. The third kappa shape index (κ3) is 3.26. The molecule has 4 nitrogen and oxygen atoms in total. The molecule has 1 N–H and O–H groups in total. The summed E-state index contributed by atoms with van der Waals surface area (Å²) in [6.45, 7) is 1.58. The minimum absolute atomic E-state index is 0.457. The number of hydrogen-bond acceptors (Lipinski definition) is 3. The Kier molecular flexibility index (Phi) is 3.75. The molecule has 0 heterocycles. The van der Waals surface area contributed by atoms with Crippen LogP contribution in [0.4, 0.5) is 0 Å². The lowest BCUT2D eigenvalue weighted by Crippen LogP contribution is -2.37. The Balaban J connectivity index is 3.90. The fourth-order valence-corrected chi connectivity index (χ4v) is 0.390.